The van der Waals surface area contributed by atoms with Crippen LogP contribution in [0.1, 0.15) is 20.3 Å². The van der Waals surface area contributed by atoms with E-state index in [0.717, 1.165) is 11.8 Å². The Morgan fingerprint density at radius 3 is 2.18 bits per heavy atom. The Balaban J connectivity index is 2.22. The maximum absolute atomic E-state index is 5.77. The van der Waals surface area contributed by atoms with Gasteiger partial charge in [-0.05, 0) is 20.3 Å². The molecule has 3 heteroatoms. The van der Waals surface area contributed by atoms with E-state index < -0.39 is 0 Å². The van der Waals surface area contributed by atoms with Crippen LogP contribution in [-0.4, -0.2) is 19.5 Å². The monoisotopic (exact) mass is 177 g/mol. The highest BCUT2D eigenvalue weighted by molar-refractivity contribution is 6.29. The fourth-order valence-electron chi connectivity index (χ4n) is 1.00. The summed E-state index contributed by atoms with van der Waals surface area (Å²) in [6.07, 6.45) is 0.851. The van der Waals surface area contributed by atoms with Crippen LogP contribution in [0, 0.1) is 11.3 Å². The van der Waals surface area contributed by atoms with Crippen molar-refractivity contribution in [1.82, 2.24) is 0 Å². The van der Waals surface area contributed by atoms with Gasteiger partial charge in [0.25, 0.3) is 0 Å². The number of hydrogen-bond acceptors (Lipinski definition) is 2. The molecule has 65 valence electrons. The van der Waals surface area contributed by atoms with Gasteiger partial charge in [0.1, 0.15) is 0 Å². The van der Waals surface area contributed by atoms with Gasteiger partial charge in [0.2, 0.25) is 0 Å². The molecule has 0 aromatic heterocycles. The van der Waals surface area contributed by atoms with Gasteiger partial charge < -0.3 is 9.47 Å². The highest BCUT2D eigenvalue weighted by atomic mass is 35.5. The van der Waals surface area contributed by atoms with Crippen molar-refractivity contribution in [2.24, 2.45) is 5.92 Å². The van der Waals surface area contributed by atoms with Crippen molar-refractivity contribution in [3.8, 4) is 0 Å². The van der Waals surface area contributed by atoms with Crippen LogP contribution in [0.5, 0.6) is 0 Å². The van der Waals surface area contributed by atoms with E-state index in [1.807, 2.05) is 13.8 Å². The summed E-state index contributed by atoms with van der Waals surface area (Å²) in [7, 11) is 0. The summed E-state index contributed by atoms with van der Waals surface area (Å²) in [5, 5.41) is 0.983. The van der Waals surface area contributed by atoms with Gasteiger partial charge in [-0.3, -0.25) is 0 Å². The van der Waals surface area contributed by atoms with Gasteiger partial charge in [-0.15, -0.1) is 11.6 Å². The summed E-state index contributed by atoms with van der Waals surface area (Å²) in [4.78, 5) is 0. The molecule has 2 nitrogen and oxygen atoms in total. The average molecular weight is 178 g/mol. The molecule has 1 atom stereocenters. The Morgan fingerprint density at radius 2 is 1.91 bits per heavy atom. The van der Waals surface area contributed by atoms with Crippen molar-refractivity contribution in [2.45, 2.75) is 26.6 Å². The van der Waals surface area contributed by atoms with Crippen molar-refractivity contribution in [2.75, 3.05) is 13.2 Å². The zero-order valence-corrected chi connectivity index (χ0v) is 7.73. The Hall–Kier alpha value is 0.210. The molecule has 0 heterocycles. The lowest BCUT2D eigenvalue weighted by Gasteiger charge is -2.15. The van der Waals surface area contributed by atoms with Crippen molar-refractivity contribution >= 4 is 11.6 Å². The van der Waals surface area contributed by atoms with Gasteiger partial charge in [-0.1, -0.05) is 0 Å². The molecule has 1 fully saturated rings. The summed E-state index contributed by atoms with van der Waals surface area (Å²) in [6.45, 7) is 5.29. The van der Waals surface area contributed by atoms with Gasteiger partial charge in [0, 0.05) is 19.1 Å². The Kier molecular flexibility index (Phi) is 3.63. The van der Waals surface area contributed by atoms with Crippen molar-refractivity contribution in [3.63, 3.8) is 0 Å². The molecule has 1 unspecified atom stereocenters. The molecule has 11 heavy (non-hydrogen) atoms. The van der Waals surface area contributed by atoms with Crippen LogP contribution in [0.3, 0.4) is 0 Å². The van der Waals surface area contributed by atoms with E-state index >= 15 is 0 Å². The normalized spacial score (nSPS) is 24.5. The van der Waals surface area contributed by atoms with Crippen LogP contribution in [0.2, 0.25) is 0 Å². The van der Waals surface area contributed by atoms with E-state index in [2.05, 4.69) is 0 Å². The quantitative estimate of drug-likeness (QED) is 0.600. The average Bonchev–Trinajstić information content (AvgIpc) is 2.67. The molecule has 1 aliphatic carbocycles. The van der Waals surface area contributed by atoms with E-state index in [1.165, 1.54) is 0 Å². The summed E-state index contributed by atoms with van der Waals surface area (Å²) in [6, 6.07) is 0. The van der Waals surface area contributed by atoms with Gasteiger partial charge in [-0.25, -0.2) is 0 Å². The zero-order valence-electron chi connectivity index (χ0n) is 6.97. The van der Waals surface area contributed by atoms with E-state index in [1.54, 1.807) is 0 Å². The fraction of sp³-hybridized carbons (Fsp3) is 0.875. The molecule has 0 spiro atoms. The first kappa shape index (κ1) is 9.30. The van der Waals surface area contributed by atoms with E-state index in [9.17, 15) is 0 Å². The third kappa shape index (κ3) is 2.62. The third-order valence-corrected chi connectivity index (χ3v) is 2.08. The number of hydrogen-bond donors (Lipinski definition) is 0. The number of halogens is 1. The smallest absolute Gasteiger partial charge is 0.162 e. The molecule has 1 radical (unpaired) electrons. The summed E-state index contributed by atoms with van der Waals surface area (Å²) in [5.41, 5.74) is 0. The second-order valence-corrected chi connectivity index (χ2v) is 3.02. The molecule has 0 bridgehead atoms. The molecule has 0 N–H and O–H groups in total. The van der Waals surface area contributed by atoms with Crippen LogP contribution in [0.25, 0.3) is 0 Å². The predicted molar refractivity (Wildman–Crippen MR) is 44.2 cm³/mol. The van der Waals surface area contributed by atoms with Gasteiger partial charge in [-0.2, -0.15) is 0 Å². The molecule has 0 aliphatic heterocycles. The number of rotatable bonds is 5. The van der Waals surface area contributed by atoms with Crippen LogP contribution >= 0.6 is 11.6 Å². The highest BCUT2D eigenvalue weighted by Gasteiger charge is 2.43. The van der Waals surface area contributed by atoms with Crippen molar-refractivity contribution in [3.05, 3.63) is 5.38 Å². The van der Waals surface area contributed by atoms with Gasteiger partial charge in [0.15, 0.2) is 6.29 Å². The first-order valence-electron chi connectivity index (χ1n) is 4.04. The zero-order chi connectivity index (χ0) is 8.27. The maximum atomic E-state index is 5.77. The van der Waals surface area contributed by atoms with Crippen LogP contribution in [-0.2, 0) is 9.47 Å². The standard InChI is InChI=1S/C8H14ClO2/c1-3-10-8(11-4-2)6-5-7(6)9/h6,8H,3-5H2,1-2H3. The van der Waals surface area contributed by atoms with Crippen molar-refractivity contribution in [1.29, 1.82) is 0 Å². The second-order valence-electron chi connectivity index (χ2n) is 2.54. The molecule has 0 aromatic carbocycles. The third-order valence-electron chi connectivity index (χ3n) is 1.65. The predicted octanol–water partition coefficient (Wildman–Crippen LogP) is 2.18. The van der Waals surface area contributed by atoms with Crippen LogP contribution in [0.15, 0.2) is 0 Å². The Labute approximate surface area is 72.8 Å². The Bertz CT molecular complexity index is 113. The first-order chi connectivity index (χ1) is 5.29. The fourth-order valence-corrected chi connectivity index (χ4v) is 1.27. The minimum atomic E-state index is -0.0995. The summed E-state index contributed by atoms with van der Waals surface area (Å²) >= 11 is 5.77. The summed E-state index contributed by atoms with van der Waals surface area (Å²) in [5.74, 6) is 0.344. The molecule has 0 saturated heterocycles. The lowest BCUT2D eigenvalue weighted by Crippen LogP contribution is -2.19. The van der Waals surface area contributed by atoms with E-state index in [-0.39, 0.29) is 6.29 Å². The van der Waals surface area contributed by atoms with Crippen LogP contribution < -0.4 is 0 Å². The minimum Gasteiger partial charge on any atom is -0.353 e. The van der Waals surface area contributed by atoms with Crippen LogP contribution in [0.4, 0.5) is 0 Å². The van der Waals surface area contributed by atoms with Crippen molar-refractivity contribution < 1.29 is 9.47 Å². The second kappa shape index (κ2) is 4.29. The Morgan fingerprint density at radius 1 is 1.45 bits per heavy atom. The molecular formula is C8H14ClO2. The maximum Gasteiger partial charge on any atom is 0.162 e. The van der Waals surface area contributed by atoms with Gasteiger partial charge in [0.05, 0.1) is 5.38 Å². The van der Waals surface area contributed by atoms with E-state index in [4.69, 9.17) is 21.1 Å². The number of ether oxygens (including phenoxy) is 2. The summed E-state index contributed by atoms with van der Waals surface area (Å²) < 4.78 is 10.7. The molecule has 0 amide bonds. The first-order valence-corrected chi connectivity index (χ1v) is 4.41. The topological polar surface area (TPSA) is 18.5 Å². The molecule has 1 rings (SSSR count). The van der Waals surface area contributed by atoms with Gasteiger partial charge >= 0.3 is 0 Å². The molecule has 1 saturated carbocycles. The highest BCUT2D eigenvalue weighted by Crippen LogP contribution is 2.47. The molecular weight excluding hydrogens is 164 g/mol. The largest absolute Gasteiger partial charge is 0.353 e. The lowest BCUT2D eigenvalue weighted by atomic mass is 10.4. The molecule has 1 aliphatic rings. The minimum absolute atomic E-state index is 0.0995. The van der Waals surface area contributed by atoms with E-state index in [0.29, 0.717) is 19.1 Å². The SMILES string of the molecule is CCOC(OCC)C1C[C]1Cl. The molecule has 0 aromatic rings. The lowest BCUT2D eigenvalue weighted by molar-refractivity contribution is -0.146.